The van der Waals surface area contributed by atoms with Crippen LogP contribution in [-0.4, -0.2) is 4.98 Å². The molecule has 1 heterocycles. The minimum Gasteiger partial charge on any atom is -0.489 e. The fourth-order valence-electron chi connectivity index (χ4n) is 1.95. The first-order chi connectivity index (χ1) is 9.33. The molecule has 1 aromatic heterocycles. The van der Waals surface area contributed by atoms with E-state index in [0.717, 1.165) is 10.9 Å². The lowest BCUT2D eigenvalue weighted by molar-refractivity contribution is 0.305. The summed E-state index contributed by atoms with van der Waals surface area (Å²) in [5.41, 5.74) is 1.42. The van der Waals surface area contributed by atoms with Crippen LogP contribution in [-0.2, 0) is 6.61 Å². The van der Waals surface area contributed by atoms with Crippen LogP contribution < -0.4 is 4.74 Å². The summed E-state index contributed by atoms with van der Waals surface area (Å²) in [7, 11) is 0. The second-order valence-corrected chi connectivity index (χ2v) is 4.25. The van der Waals surface area contributed by atoms with Gasteiger partial charge in [0.05, 0.1) is 0 Å². The second-order valence-electron chi connectivity index (χ2n) is 4.25. The number of pyridine rings is 1. The predicted octanol–water partition coefficient (Wildman–Crippen LogP) is 3.95. The van der Waals surface area contributed by atoms with Crippen LogP contribution in [0.3, 0.4) is 0 Å². The zero-order valence-corrected chi connectivity index (χ0v) is 10.2. The summed E-state index contributed by atoms with van der Waals surface area (Å²) in [5, 5.41) is 0.741. The van der Waals surface area contributed by atoms with Crippen LogP contribution >= 0.6 is 0 Å². The van der Waals surface area contributed by atoms with Gasteiger partial charge >= 0.3 is 0 Å². The maximum absolute atomic E-state index is 13.8. The van der Waals surface area contributed by atoms with Crippen molar-refractivity contribution in [3.63, 3.8) is 0 Å². The van der Waals surface area contributed by atoms with E-state index in [2.05, 4.69) is 4.98 Å². The average Bonchev–Trinajstić information content (AvgIpc) is 2.46. The Balaban J connectivity index is 1.85. The molecule has 0 unspecified atom stereocenters. The van der Waals surface area contributed by atoms with Crippen LogP contribution in [0.25, 0.3) is 10.9 Å². The number of ether oxygens (including phenoxy) is 1. The third kappa shape index (κ3) is 2.55. The fourth-order valence-corrected chi connectivity index (χ4v) is 1.95. The fraction of sp³-hybridized carbons (Fsp3) is 0.0625. The van der Waals surface area contributed by atoms with E-state index in [-0.39, 0.29) is 5.82 Å². The molecule has 2 nitrogen and oxygen atoms in total. The Hall–Kier alpha value is -2.42. The number of nitrogens with zero attached hydrogens (tertiary/aromatic N) is 1. The quantitative estimate of drug-likeness (QED) is 0.705. The van der Waals surface area contributed by atoms with Crippen molar-refractivity contribution in [3.05, 3.63) is 72.2 Å². The van der Waals surface area contributed by atoms with E-state index in [1.165, 1.54) is 6.07 Å². The van der Waals surface area contributed by atoms with Crippen LogP contribution in [0, 0.1) is 5.82 Å². The molecule has 3 rings (SSSR count). The predicted molar refractivity (Wildman–Crippen MR) is 72.5 cm³/mol. The molecule has 0 saturated heterocycles. The van der Waals surface area contributed by atoms with Gasteiger partial charge in [-0.1, -0.05) is 36.4 Å². The Morgan fingerprint density at radius 1 is 1.00 bits per heavy atom. The zero-order valence-electron chi connectivity index (χ0n) is 10.2. The van der Waals surface area contributed by atoms with Crippen LogP contribution in [0.5, 0.6) is 5.75 Å². The molecule has 19 heavy (non-hydrogen) atoms. The van der Waals surface area contributed by atoms with Gasteiger partial charge in [-0.25, -0.2) is 4.39 Å². The molecule has 0 saturated carbocycles. The van der Waals surface area contributed by atoms with E-state index in [1.54, 1.807) is 18.3 Å². The summed E-state index contributed by atoms with van der Waals surface area (Å²) >= 11 is 0. The summed E-state index contributed by atoms with van der Waals surface area (Å²) in [6.45, 7) is 0.423. The molecule has 0 atom stereocenters. The number of hydrogen-bond donors (Lipinski definition) is 0. The lowest BCUT2D eigenvalue weighted by atomic mass is 10.2. The Labute approximate surface area is 110 Å². The number of benzene rings is 2. The van der Waals surface area contributed by atoms with Gasteiger partial charge in [-0.2, -0.15) is 0 Å². The molecule has 0 aliphatic carbocycles. The molecule has 2 aromatic carbocycles. The highest BCUT2D eigenvalue weighted by molar-refractivity contribution is 5.80. The second kappa shape index (κ2) is 5.06. The third-order valence-electron chi connectivity index (χ3n) is 2.88. The first-order valence-electron chi connectivity index (χ1n) is 6.04. The van der Waals surface area contributed by atoms with Gasteiger partial charge in [0.2, 0.25) is 0 Å². The first kappa shape index (κ1) is 11.7. The van der Waals surface area contributed by atoms with Crippen LogP contribution in [0.15, 0.2) is 60.8 Å². The maximum atomic E-state index is 13.8. The van der Waals surface area contributed by atoms with Crippen LogP contribution in [0.1, 0.15) is 5.56 Å². The van der Waals surface area contributed by atoms with Crippen LogP contribution in [0.4, 0.5) is 4.39 Å². The molecule has 0 bridgehead atoms. The molecule has 0 fully saturated rings. The molecule has 94 valence electrons. The van der Waals surface area contributed by atoms with Gasteiger partial charge in [-0.15, -0.1) is 0 Å². The van der Waals surface area contributed by atoms with Crippen molar-refractivity contribution in [1.29, 1.82) is 0 Å². The van der Waals surface area contributed by atoms with E-state index in [0.29, 0.717) is 17.9 Å². The normalized spacial score (nSPS) is 10.6. The molecular formula is C16H12FNO. The maximum Gasteiger partial charge on any atom is 0.153 e. The average molecular weight is 253 g/mol. The van der Waals surface area contributed by atoms with Gasteiger partial charge in [0.1, 0.15) is 17.9 Å². The highest BCUT2D eigenvalue weighted by Gasteiger charge is 2.05. The van der Waals surface area contributed by atoms with E-state index < -0.39 is 0 Å². The molecule has 0 N–H and O–H groups in total. The van der Waals surface area contributed by atoms with E-state index in [4.69, 9.17) is 4.74 Å². The highest BCUT2D eigenvalue weighted by Crippen LogP contribution is 2.23. The highest BCUT2D eigenvalue weighted by atomic mass is 19.1. The molecule has 0 radical (unpaired) electrons. The van der Waals surface area contributed by atoms with Gasteiger partial charge in [-0.3, -0.25) is 4.98 Å². The topological polar surface area (TPSA) is 22.1 Å². The minimum atomic E-state index is -0.360. The Morgan fingerprint density at radius 2 is 1.84 bits per heavy atom. The smallest absolute Gasteiger partial charge is 0.153 e. The van der Waals surface area contributed by atoms with E-state index in [9.17, 15) is 4.39 Å². The van der Waals surface area contributed by atoms with E-state index in [1.807, 2.05) is 36.4 Å². The van der Waals surface area contributed by atoms with Crippen molar-refractivity contribution >= 4 is 10.9 Å². The van der Waals surface area contributed by atoms with Crippen molar-refractivity contribution < 1.29 is 9.13 Å². The van der Waals surface area contributed by atoms with Crippen LogP contribution in [0.2, 0.25) is 0 Å². The standard InChI is InChI=1S/C16H12FNO/c17-15-10-14(9-13-7-4-8-18-16(13)15)19-11-12-5-2-1-3-6-12/h1-10H,11H2. The summed E-state index contributed by atoms with van der Waals surface area (Å²) < 4.78 is 19.4. The Morgan fingerprint density at radius 3 is 2.68 bits per heavy atom. The lowest BCUT2D eigenvalue weighted by Crippen LogP contribution is -1.96. The molecule has 0 aliphatic rings. The van der Waals surface area contributed by atoms with Gasteiger partial charge in [0.25, 0.3) is 0 Å². The first-order valence-corrected chi connectivity index (χ1v) is 6.04. The zero-order chi connectivity index (χ0) is 13.1. The molecule has 0 spiro atoms. The summed E-state index contributed by atoms with van der Waals surface area (Å²) in [4.78, 5) is 4.01. The van der Waals surface area contributed by atoms with Crippen molar-refractivity contribution in [1.82, 2.24) is 4.98 Å². The van der Waals surface area contributed by atoms with Crippen molar-refractivity contribution in [2.45, 2.75) is 6.61 Å². The van der Waals surface area contributed by atoms with Crippen molar-refractivity contribution in [3.8, 4) is 5.75 Å². The Bertz CT molecular complexity index is 697. The van der Waals surface area contributed by atoms with Gasteiger partial charge in [0, 0.05) is 17.6 Å². The number of aromatic nitrogens is 1. The van der Waals surface area contributed by atoms with Gasteiger partial charge in [-0.05, 0) is 17.7 Å². The molecule has 0 aliphatic heterocycles. The number of rotatable bonds is 3. The molecule has 3 heteroatoms. The molecule has 0 amide bonds. The largest absolute Gasteiger partial charge is 0.489 e. The van der Waals surface area contributed by atoms with Gasteiger partial charge < -0.3 is 4.74 Å². The number of fused-ring (bicyclic) bond motifs is 1. The lowest BCUT2D eigenvalue weighted by Gasteiger charge is -2.07. The van der Waals surface area contributed by atoms with E-state index >= 15 is 0 Å². The summed E-state index contributed by atoms with van der Waals surface area (Å²) in [6.07, 6.45) is 1.58. The van der Waals surface area contributed by atoms with Crippen molar-refractivity contribution in [2.75, 3.05) is 0 Å². The molecule has 3 aromatic rings. The SMILES string of the molecule is Fc1cc(OCc2ccccc2)cc2cccnc12. The Kier molecular flexibility index (Phi) is 3.11. The summed E-state index contributed by atoms with van der Waals surface area (Å²) in [5.74, 6) is 0.156. The third-order valence-corrected chi connectivity index (χ3v) is 2.88. The monoisotopic (exact) mass is 253 g/mol. The number of hydrogen-bond acceptors (Lipinski definition) is 2. The van der Waals surface area contributed by atoms with Gasteiger partial charge in [0.15, 0.2) is 5.82 Å². The minimum absolute atomic E-state index is 0.360. The number of halogens is 1. The van der Waals surface area contributed by atoms with Crippen molar-refractivity contribution in [2.24, 2.45) is 0 Å². The summed E-state index contributed by atoms with van der Waals surface area (Å²) in [6, 6.07) is 16.6. The molecular weight excluding hydrogens is 241 g/mol.